The molecule has 0 radical (unpaired) electrons. The van der Waals surface area contributed by atoms with Crippen molar-refractivity contribution in [2.24, 2.45) is 5.11 Å². The Kier molecular flexibility index (Phi) is 15.2. The van der Waals surface area contributed by atoms with E-state index < -0.39 is 93.0 Å². The fourth-order valence-corrected chi connectivity index (χ4v) is 3.31. The highest BCUT2D eigenvalue weighted by Gasteiger charge is 2.36. The van der Waals surface area contributed by atoms with Crippen LogP contribution < -0.4 is 5.32 Å². The molecular weight excluding hydrogens is 544 g/mol. The van der Waals surface area contributed by atoms with E-state index in [1.807, 2.05) is 0 Å². The number of phenolic OH excluding ortho intramolecular Hbond substituents is 1. The van der Waals surface area contributed by atoms with Gasteiger partial charge in [0.2, 0.25) is 0 Å². The van der Waals surface area contributed by atoms with E-state index in [0.717, 1.165) is 12.1 Å². The number of ether oxygens (including phenoxy) is 2. The van der Waals surface area contributed by atoms with Gasteiger partial charge in [0.05, 0.1) is 38.0 Å². The Bertz CT molecular complexity index is 972. The van der Waals surface area contributed by atoms with Crippen molar-refractivity contribution in [3.63, 3.8) is 0 Å². The molecule has 0 aliphatic rings. The Morgan fingerprint density at radius 3 is 1.77 bits per heavy atom. The number of aldehydes is 2. The molecule has 1 rings (SSSR count). The smallest absolute Gasteiger partial charge is 0.255 e. The molecule has 1 unspecified atom stereocenters. The summed E-state index contributed by atoms with van der Waals surface area (Å²) in [5.41, 5.74) is 8.14. The van der Waals surface area contributed by atoms with Crippen molar-refractivity contribution in [2.45, 2.75) is 54.9 Å². The summed E-state index contributed by atoms with van der Waals surface area (Å²) >= 11 is 0. The zero-order chi connectivity index (χ0) is 30.4. The van der Waals surface area contributed by atoms with Crippen LogP contribution in [0.15, 0.2) is 23.3 Å². The summed E-state index contributed by atoms with van der Waals surface area (Å²) in [7, 11) is 0. The summed E-state index contributed by atoms with van der Waals surface area (Å²) in [6, 6.07) is 1.92. The summed E-state index contributed by atoms with van der Waals surface area (Å²) < 4.78 is 10.7. The molecule has 1 amide bonds. The molecule has 1 aromatic rings. The van der Waals surface area contributed by atoms with E-state index in [2.05, 4.69) is 15.3 Å². The van der Waals surface area contributed by atoms with Gasteiger partial charge in [-0.25, -0.2) is 0 Å². The predicted molar refractivity (Wildman–Crippen MR) is 130 cm³/mol. The fraction of sp³-hybridized carbons (Fsp3) is 0.591. The van der Waals surface area contributed by atoms with Gasteiger partial charge in [0.15, 0.2) is 12.6 Å². The molecule has 9 atom stereocenters. The molecule has 0 aliphatic heterocycles. The highest BCUT2D eigenvalue weighted by Crippen LogP contribution is 2.24. The molecule has 0 fully saturated rings. The minimum Gasteiger partial charge on any atom is -0.507 e. The van der Waals surface area contributed by atoms with Gasteiger partial charge in [-0.3, -0.25) is 4.79 Å². The number of azide groups is 1. The maximum absolute atomic E-state index is 12.9. The molecule has 0 heterocycles. The Hall–Kier alpha value is -3.26. The Morgan fingerprint density at radius 2 is 1.40 bits per heavy atom. The maximum atomic E-state index is 12.9. The number of phenols is 1. The van der Waals surface area contributed by atoms with E-state index in [1.54, 1.807) is 0 Å². The van der Waals surface area contributed by atoms with Crippen LogP contribution >= 0.6 is 0 Å². The molecule has 18 heteroatoms. The third-order valence-corrected chi connectivity index (χ3v) is 5.49. The van der Waals surface area contributed by atoms with Gasteiger partial charge in [0.1, 0.15) is 54.6 Å². The minimum atomic E-state index is -2.04. The van der Waals surface area contributed by atoms with Crippen LogP contribution in [-0.2, 0) is 19.1 Å². The molecular formula is C22H32N4O14. The molecule has 0 aliphatic carbocycles. The number of aliphatic hydroxyl groups excluding tert-OH is 8. The largest absolute Gasteiger partial charge is 0.507 e. The number of aliphatic hydroxyl groups is 8. The molecule has 0 saturated heterocycles. The number of carbonyl (C=O) groups is 3. The number of aromatic hydroxyl groups is 1. The molecule has 18 nitrogen and oxygen atoms in total. The molecule has 0 bridgehead atoms. The second-order valence-electron chi connectivity index (χ2n) is 8.39. The van der Waals surface area contributed by atoms with Gasteiger partial charge >= 0.3 is 0 Å². The van der Waals surface area contributed by atoms with Gasteiger partial charge in [-0.2, -0.15) is 0 Å². The van der Waals surface area contributed by atoms with Crippen molar-refractivity contribution >= 4 is 24.2 Å². The number of rotatable bonds is 19. The average Bonchev–Trinajstić information content (AvgIpc) is 2.95. The summed E-state index contributed by atoms with van der Waals surface area (Å²) in [4.78, 5) is 37.1. The van der Waals surface area contributed by atoms with Crippen LogP contribution in [0, 0.1) is 0 Å². The Balaban J connectivity index is 3.25. The van der Waals surface area contributed by atoms with Crippen LogP contribution in [0.5, 0.6) is 5.75 Å². The van der Waals surface area contributed by atoms with E-state index in [1.165, 1.54) is 6.07 Å². The summed E-state index contributed by atoms with van der Waals surface area (Å²) in [6.45, 7) is -3.37. The number of hydrogen-bond donors (Lipinski definition) is 10. The van der Waals surface area contributed by atoms with E-state index >= 15 is 0 Å². The second-order valence-corrected chi connectivity index (χ2v) is 8.39. The first-order chi connectivity index (χ1) is 18.9. The topological polar surface area (TPSA) is 313 Å². The number of carbonyl (C=O) groups excluding carboxylic acids is 3. The highest BCUT2D eigenvalue weighted by atomic mass is 16.5. The highest BCUT2D eigenvalue weighted by molar-refractivity contribution is 5.97. The van der Waals surface area contributed by atoms with Crippen molar-refractivity contribution in [3.05, 3.63) is 34.2 Å². The lowest BCUT2D eigenvalue weighted by molar-refractivity contribution is -0.162. The summed E-state index contributed by atoms with van der Waals surface area (Å²) in [5, 5.41) is 93.8. The first kappa shape index (κ1) is 34.8. The summed E-state index contributed by atoms with van der Waals surface area (Å²) in [5.74, 6) is -1.60. The van der Waals surface area contributed by atoms with Crippen molar-refractivity contribution in [1.82, 2.24) is 5.32 Å². The second kappa shape index (κ2) is 17.4. The Labute approximate surface area is 226 Å². The van der Waals surface area contributed by atoms with Crippen LogP contribution in [0.1, 0.15) is 10.4 Å². The molecule has 0 aromatic heterocycles. The van der Waals surface area contributed by atoms with E-state index in [9.17, 15) is 60.3 Å². The van der Waals surface area contributed by atoms with Crippen LogP contribution in [0.3, 0.4) is 0 Å². The lowest BCUT2D eigenvalue weighted by Crippen LogP contribution is -2.52. The number of nitrogens with one attached hydrogen (secondary N) is 1. The zero-order valence-corrected chi connectivity index (χ0v) is 20.8. The lowest BCUT2D eigenvalue weighted by atomic mass is 10.0. The van der Waals surface area contributed by atoms with Crippen LogP contribution in [0.2, 0.25) is 0 Å². The molecule has 0 spiro atoms. The van der Waals surface area contributed by atoms with Gasteiger partial charge < -0.3 is 70.3 Å². The van der Waals surface area contributed by atoms with Crippen molar-refractivity contribution in [3.8, 4) is 5.75 Å². The van der Waals surface area contributed by atoms with Gasteiger partial charge in [0.25, 0.3) is 5.91 Å². The maximum Gasteiger partial charge on any atom is 0.255 e. The van der Waals surface area contributed by atoms with E-state index in [4.69, 9.17) is 15.0 Å². The fourth-order valence-electron chi connectivity index (χ4n) is 3.31. The number of nitrogens with zero attached hydrogens (tertiary/aromatic N) is 3. The van der Waals surface area contributed by atoms with Gasteiger partial charge in [0, 0.05) is 10.6 Å². The van der Waals surface area contributed by atoms with E-state index in [0.29, 0.717) is 0 Å². The van der Waals surface area contributed by atoms with Gasteiger partial charge in [-0.05, 0) is 17.7 Å². The molecule has 1 aromatic carbocycles. The molecule has 0 saturated carbocycles. The van der Waals surface area contributed by atoms with Crippen molar-refractivity contribution < 1.29 is 69.8 Å². The minimum absolute atomic E-state index is 0.0214. The average molecular weight is 577 g/mol. The van der Waals surface area contributed by atoms with Crippen LogP contribution in [0.4, 0.5) is 5.69 Å². The normalized spacial score (nSPS) is 18.1. The van der Waals surface area contributed by atoms with Gasteiger partial charge in [-0.15, -0.1) is 0 Å². The first-order valence-corrected chi connectivity index (χ1v) is 11.6. The van der Waals surface area contributed by atoms with Crippen molar-refractivity contribution in [1.29, 1.82) is 0 Å². The SMILES string of the molecule is [N-]=[N+]=Nc1ccc(C(=O)NC(CO[C@@H]([C@H](O)[C@H](O)C=O)[C@H](O)CO)CO[C@@H]([C@H](O)[C@H](O)C=O)[C@@H](O)CO)c(O)c1. The number of amides is 1. The first-order valence-electron chi connectivity index (χ1n) is 11.6. The number of benzene rings is 1. The zero-order valence-electron chi connectivity index (χ0n) is 20.8. The molecule has 10 N–H and O–H groups in total. The quantitative estimate of drug-likeness (QED) is 0.0323. The standard InChI is InChI=1S/C22H32N4O14/c23-26-25-10-1-2-12(13(31)3-10)22(38)24-11(8-39-20(16(34)6-29)18(36)14(32)4-27)9-40-21(17(35)7-30)19(37)15(33)5-28/h1-5,11,14-21,29-37H,6-9H2,(H,24,38)/t11?,14-,15-,16-,17+,18-,19-,20-,21-/m1/s1. The van der Waals surface area contributed by atoms with Crippen molar-refractivity contribution in [2.75, 3.05) is 26.4 Å². The van der Waals surface area contributed by atoms with Gasteiger partial charge in [-0.1, -0.05) is 11.2 Å². The lowest BCUT2D eigenvalue weighted by Gasteiger charge is -2.32. The predicted octanol–water partition coefficient (Wildman–Crippen LogP) is -4.25. The molecule has 224 valence electrons. The van der Waals surface area contributed by atoms with E-state index in [-0.39, 0.29) is 23.8 Å². The summed E-state index contributed by atoms with van der Waals surface area (Å²) in [6.07, 6.45) is -15.5. The van der Waals surface area contributed by atoms with Crippen LogP contribution in [-0.4, -0.2) is 146 Å². The van der Waals surface area contributed by atoms with Crippen LogP contribution in [0.25, 0.3) is 10.4 Å². The monoisotopic (exact) mass is 576 g/mol. The third kappa shape index (κ3) is 10.0. The third-order valence-electron chi connectivity index (χ3n) is 5.49. The Morgan fingerprint density at radius 1 is 0.925 bits per heavy atom. The number of hydrogen-bond acceptors (Lipinski definition) is 15. The molecule has 40 heavy (non-hydrogen) atoms.